The highest BCUT2D eigenvalue weighted by Crippen LogP contribution is 2.56. The molecule has 2 aliphatic heterocycles. The minimum absolute atomic E-state index is 0.0922. The Kier molecular flexibility index (Phi) is 21.7. The number of anilines is 6. The molecule has 0 spiro atoms. The van der Waals surface area contributed by atoms with Crippen LogP contribution in [0.25, 0.3) is 63.3 Å². The summed E-state index contributed by atoms with van der Waals surface area (Å²) in [4.78, 5) is 17.7. The van der Waals surface area contributed by atoms with E-state index in [-0.39, 0.29) is 5.70 Å². The summed E-state index contributed by atoms with van der Waals surface area (Å²) in [6.45, 7) is 20.1. The number of nitrogens with zero attached hydrogens (tertiary/aromatic N) is 4. The number of ether oxygens (including phenoxy) is 4. The third kappa shape index (κ3) is 14.7. The smallest absolute Gasteiger partial charge is 0.270 e. The number of nitriles is 1. The number of unbranched alkanes of at least 4 members (excludes halogenated alkanes) is 12. The fourth-order valence-corrected chi connectivity index (χ4v) is 17.2. The van der Waals surface area contributed by atoms with Crippen molar-refractivity contribution in [2.45, 2.75) is 150 Å². The van der Waals surface area contributed by atoms with Crippen molar-refractivity contribution in [1.82, 2.24) is 0 Å². The molecule has 0 saturated carbocycles. The summed E-state index contributed by atoms with van der Waals surface area (Å²) in [5, 5.41) is 10.6. The Hall–Kier alpha value is -8.62. The zero-order valence-corrected chi connectivity index (χ0v) is 58.8. The van der Waals surface area contributed by atoms with Gasteiger partial charge in [-0.2, -0.15) is 0 Å². The van der Waals surface area contributed by atoms with E-state index in [4.69, 9.17) is 25.5 Å². The van der Waals surface area contributed by atoms with E-state index in [2.05, 4.69) is 230 Å². The monoisotopic (exact) mass is 1340 g/mol. The van der Waals surface area contributed by atoms with Gasteiger partial charge in [0, 0.05) is 56.0 Å². The Morgan fingerprint density at radius 1 is 0.365 bits per heavy atom. The second-order valence-corrected chi connectivity index (χ2v) is 29.3. The Balaban J connectivity index is 0.727. The molecule has 8 nitrogen and oxygen atoms in total. The van der Waals surface area contributed by atoms with Gasteiger partial charge in [0.05, 0.1) is 61.8 Å². The molecule has 0 bridgehead atoms. The molecule has 12 heteroatoms. The molecule has 0 radical (unpaired) electrons. The second kappa shape index (κ2) is 31.5. The largest absolute Gasteiger partial charge is 0.494 e. The molecule has 96 heavy (non-hydrogen) atoms. The quantitative estimate of drug-likeness (QED) is 0.0249. The van der Waals surface area contributed by atoms with Gasteiger partial charge >= 0.3 is 0 Å². The summed E-state index contributed by atoms with van der Waals surface area (Å²) in [6.07, 6.45) is 18.6. The minimum Gasteiger partial charge on any atom is -0.494 e. The molecule has 10 aromatic rings. The topological polar surface area (TPSA) is 71.6 Å². The third-order valence-corrected chi connectivity index (χ3v) is 22.7. The van der Waals surface area contributed by atoms with Crippen LogP contribution >= 0.6 is 46.2 Å². The lowest BCUT2D eigenvalue weighted by Crippen LogP contribution is -2.15. The molecular formula is C84H82N4O4S4. The Morgan fingerprint density at radius 2 is 0.677 bits per heavy atom. The first-order chi connectivity index (χ1) is 47.3. The summed E-state index contributed by atoms with van der Waals surface area (Å²) in [5.41, 5.74) is 15.6. The maximum atomic E-state index is 10.6. The third-order valence-electron chi connectivity index (χ3n) is 18.1. The minimum atomic E-state index is 0.0922. The van der Waals surface area contributed by atoms with Crippen molar-refractivity contribution in [2.75, 3.05) is 36.2 Å². The van der Waals surface area contributed by atoms with Crippen LogP contribution in [0.5, 0.6) is 23.0 Å². The van der Waals surface area contributed by atoms with Gasteiger partial charge in [-0.05, 0) is 204 Å². The predicted molar refractivity (Wildman–Crippen MR) is 404 cm³/mol. The summed E-state index contributed by atoms with van der Waals surface area (Å²) in [7, 11) is 0. The molecule has 0 atom stereocenters. The highest BCUT2D eigenvalue weighted by atomic mass is 32.2. The predicted octanol–water partition coefficient (Wildman–Crippen LogP) is 26.4. The van der Waals surface area contributed by atoms with Gasteiger partial charge in [-0.15, -0.1) is 22.7 Å². The van der Waals surface area contributed by atoms with Crippen molar-refractivity contribution >= 4 is 85.9 Å². The van der Waals surface area contributed by atoms with Crippen LogP contribution in [0.2, 0.25) is 0 Å². The van der Waals surface area contributed by atoms with E-state index in [0.717, 1.165) is 166 Å². The van der Waals surface area contributed by atoms with Gasteiger partial charge in [-0.25, -0.2) is 10.1 Å². The Labute approximate surface area is 584 Å². The molecule has 0 saturated heterocycles. The molecule has 0 N–H and O–H groups in total. The fraction of sp³-hybridized carbons (Fsp3) is 0.286. The number of hydrogen-bond donors (Lipinski definition) is 0. The van der Waals surface area contributed by atoms with Crippen molar-refractivity contribution in [2.24, 2.45) is 0 Å². The number of thiophene rings is 2. The number of fused-ring (bicyclic) bond motifs is 7. The second-order valence-electron chi connectivity index (χ2n) is 24.9. The van der Waals surface area contributed by atoms with E-state index in [0.29, 0.717) is 32.0 Å². The highest BCUT2D eigenvalue weighted by Gasteiger charge is 2.31. The summed E-state index contributed by atoms with van der Waals surface area (Å²) < 4.78 is 25.2. The van der Waals surface area contributed by atoms with Gasteiger partial charge in [0.25, 0.3) is 5.70 Å². The average molecular weight is 1340 g/mol. The van der Waals surface area contributed by atoms with E-state index in [1.54, 1.807) is 46.2 Å². The lowest BCUT2D eigenvalue weighted by molar-refractivity contribution is 0.304. The first-order valence-corrected chi connectivity index (χ1v) is 37.9. The number of benzene rings is 8. The Bertz CT molecular complexity index is 4090. The molecule has 1 aliphatic carbocycles. The average Bonchev–Trinajstić information content (AvgIpc) is 1.43. The maximum Gasteiger partial charge on any atom is 0.270 e. The van der Waals surface area contributed by atoms with Crippen LogP contribution in [0.1, 0.15) is 142 Å². The van der Waals surface area contributed by atoms with Gasteiger partial charge in [0.1, 0.15) is 23.0 Å². The molecule has 0 unspecified atom stereocenters. The lowest BCUT2D eigenvalue weighted by atomic mass is 9.99. The molecule has 0 fully saturated rings. The van der Waals surface area contributed by atoms with Crippen LogP contribution in [-0.2, 0) is 0 Å². The molecule has 8 aromatic carbocycles. The maximum absolute atomic E-state index is 10.6. The van der Waals surface area contributed by atoms with E-state index >= 15 is 0 Å². The van der Waals surface area contributed by atoms with Crippen molar-refractivity contribution in [3.8, 4) is 82.0 Å². The van der Waals surface area contributed by atoms with Crippen molar-refractivity contribution in [3.05, 3.63) is 210 Å². The lowest BCUT2D eigenvalue weighted by Gasteiger charge is -2.33. The molecule has 2 aromatic heterocycles. The van der Waals surface area contributed by atoms with Gasteiger partial charge in [-0.1, -0.05) is 177 Å². The molecule has 4 heterocycles. The highest BCUT2D eigenvalue weighted by molar-refractivity contribution is 8.00. The van der Waals surface area contributed by atoms with Crippen LogP contribution in [-0.4, -0.2) is 26.4 Å². The van der Waals surface area contributed by atoms with Gasteiger partial charge in [0.15, 0.2) is 0 Å². The molecule has 0 amide bonds. The number of hydrogen-bond acceptors (Lipinski definition) is 11. The van der Waals surface area contributed by atoms with Gasteiger partial charge in [-0.3, -0.25) is 0 Å². The zero-order valence-electron chi connectivity index (χ0n) is 55.5. The molecule has 486 valence electrons. The van der Waals surface area contributed by atoms with Crippen molar-refractivity contribution in [1.29, 1.82) is 5.26 Å². The summed E-state index contributed by atoms with van der Waals surface area (Å²) >= 11 is 7.05. The van der Waals surface area contributed by atoms with Crippen LogP contribution < -0.4 is 28.7 Å². The van der Waals surface area contributed by atoms with Crippen LogP contribution in [0.3, 0.4) is 0 Å². The van der Waals surface area contributed by atoms with Crippen molar-refractivity contribution in [3.63, 3.8) is 0 Å². The van der Waals surface area contributed by atoms with E-state index in [1.807, 2.05) is 0 Å². The normalized spacial score (nSPS) is 12.4. The van der Waals surface area contributed by atoms with E-state index in [9.17, 15) is 5.26 Å². The SMILES string of the molecule is [C-]#[N+]C(C#N)=C1c2cc(-c3ccc(-c4ccc(N5c6ccc(OCCCCCC)cc6Sc6cc(OCCCCCC)ccc65)cc4)s3)ccc2-c2ccc(-c3ccc(-c4ccc(N5c6ccc(OCCCCCC)cc6Sc6cc(OCCCCCC)ccc65)cc4)s3)cc21. The standard InChI is InChI=1S/C84H82N4O4S4/c1-6-10-14-18-46-89-63-32-38-72-80(52-63)95-81-53-64(90-47-19-15-11-7-2)33-39-73(81)87(72)61-28-22-57(23-29-61)76-42-44-78(93-76)59-26-36-67-68-37-27-60(51-70(68)84(69(67)50-59)71(56-85)86-5)79-45-43-77(94-79)58-24-30-62(31-25-58)88-74-40-34-65(91-48-20-16-12-8-3)54-82(74)96-83-55-66(35-41-75(83)88)92-49-21-17-13-9-4/h22-45,50-55H,6-21,46-49H2,1-4H3. The summed E-state index contributed by atoms with van der Waals surface area (Å²) in [6, 6.07) is 68.0. The molecular weight excluding hydrogens is 1260 g/mol. The first kappa shape index (κ1) is 66.0. The van der Waals surface area contributed by atoms with E-state index in [1.165, 1.54) is 77.0 Å². The number of rotatable bonds is 30. The van der Waals surface area contributed by atoms with Crippen molar-refractivity contribution < 1.29 is 18.9 Å². The van der Waals surface area contributed by atoms with E-state index < -0.39 is 0 Å². The van der Waals surface area contributed by atoms with Gasteiger partial charge in [0.2, 0.25) is 0 Å². The fourth-order valence-electron chi connectivity index (χ4n) is 13.0. The van der Waals surface area contributed by atoms with Crippen LogP contribution in [0, 0.1) is 17.9 Å². The van der Waals surface area contributed by atoms with Gasteiger partial charge < -0.3 is 28.7 Å². The number of allylic oxidation sites excluding steroid dienone is 1. The van der Waals surface area contributed by atoms with Crippen LogP contribution in [0.15, 0.2) is 207 Å². The molecule has 13 rings (SSSR count). The van der Waals surface area contributed by atoms with Crippen LogP contribution in [0.4, 0.5) is 34.1 Å². The summed E-state index contributed by atoms with van der Waals surface area (Å²) in [5.74, 6) is 3.60. The zero-order chi connectivity index (χ0) is 65.7. The Morgan fingerprint density at radius 3 is 0.979 bits per heavy atom. The molecule has 3 aliphatic rings. The first-order valence-electron chi connectivity index (χ1n) is 34.6.